The molecule has 0 radical (unpaired) electrons. The van der Waals surface area contributed by atoms with E-state index in [0.29, 0.717) is 0 Å². The summed E-state index contributed by atoms with van der Waals surface area (Å²) in [7, 11) is 0. The second kappa shape index (κ2) is 5.92. The lowest BCUT2D eigenvalue weighted by atomic mass is 10.2. The zero-order chi connectivity index (χ0) is 12.8. The van der Waals surface area contributed by atoms with E-state index in [-0.39, 0.29) is 0 Å². The lowest BCUT2D eigenvalue weighted by Crippen LogP contribution is -2.18. The quantitative estimate of drug-likeness (QED) is 0.830. The molecule has 2 nitrogen and oxygen atoms in total. The zero-order valence-corrected chi connectivity index (χ0v) is 10.6. The Hall–Kier alpha value is -2.22. The van der Waals surface area contributed by atoms with Gasteiger partial charge in [-0.2, -0.15) is 0 Å². The van der Waals surface area contributed by atoms with Gasteiger partial charge in [-0.25, -0.2) is 0 Å². The van der Waals surface area contributed by atoms with Crippen molar-refractivity contribution in [2.24, 2.45) is 0 Å². The molecule has 0 fully saturated rings. The predicted octanol–water partition coefficient (Wildman–Crippen LogP) is 3.67. The van der Waals surface area contributed by atoms with Crippen LogP contribution in [0.1, 0.15) is 11.1 Å². The summed E-state index contributed by atoms with van der Waals surface area (Å²) in [6.07, 6.45) is 0. The number of hydrogen-bond donors (Lipinski definition) is 2. The molecule has 18 heavy (non-hydrogen) atoms. The zero-order valence-electron chi connectivity index (χ0n) is 10.6. The predicted molar refractivity (Wildman–Crippen MR) is 77.2 cm³/mol. The molecule has 92 valence electrons. The highest BCUT2D eigenvalue weighted by Gasteiger charge is 1.95. The maximum Gasteiger partial charge on any atom is 0.0959 e. The van der Waals surface area contributed by atoms with Crippen LogP contribution in [0.25, 0.3) is 0 Å². The fraction of sp³-hybridized carbons (Fsp3) is 0.125. The lowest BCUT2D eigenvalue weighted by molar-refractivity contribution is 0.820. The van der Waals surface area contributed by atoms with E-state index in [1.807, 2.05) is 30.3 Å². The molecule has 2 N–H and O–H groups in total. The molecule has 0 aromatic heterocycles. The van der Waals surface area contributed by atoms with E-state index < -0.39 is 0 Å². The number of nitrogens with one attached hydrogen (secondary N) is 2. The van der Waals surface area contributed by atoms with E-state index in [1.165, 1.54) is 11.1 Å². The Morgan fingerprint density at radius 1 is 1.00 bits per heavy atom. The fourth-order valence-electron chi connectivity index (χ4n) is 1.66. The van der Waals surface area contributed by atoms with E-state index >= 15 is 0 Å². The average molecular weight is 238 g/mol. The van der Waals surface area contributed by atoms with Crippen LogP contribution in [-0.2, 0) is 6.54 Å². The molecular weight excluding hydrogens is 220 g/mol. The minimum Gasteiger partial charge on any atom is -0.368 e. The topological polar surface area (TPSA) is 24.1 Å². The van der Waals surface area contributed by atoms with Gasteiger partial charge in [0.05, 0.1) is 5.82 Å². The normalized spacial score (nSPS) is 9.83. The van der Waals surface area contributed by atoms with Gasteiger partial charge < -0.3 is 10.6 Å². The third-order valence-corrected chi connectivity index (χ3v) is 2.70. The van der Waals surface area contributed by atoms with E-state index in [1.54, 1.807) is 0 Å². The first-order chi connectivity index (χ1) is 8.74. The first kappa shape index (κ1) is 12.2. The van der Waals surface area contributed by atoms with Gasteiger partial charge in [-0.05, 0) is 24.6 Å². The monoisotopic (exact) mass is 238 g/mol. The van der Waals surface area contributed by atoms with Crippen molar-refractivity contribution in [3.05, 3.63) is 78.1 Å². The van der Waals surface area contributed by atoms with Gasteiger partial charge in [-0.15, -0.1) is 0 Å². The van der Waals surface area contributed by atoms with Gasteiger partial charge in [-0.3, -0.25) is 0 Å². The van der Waals surface area contributed by atoms with Crippen molar-refractivity contribution in [3.8, 4) is 0 Å². The molecule has 2 rings (SSSR count). The fourth-order valence-corrected chi connectivity index (χ4v) is 1.66. The first-order valence-corrected chi connectivity index (χ1v) is 6.04. The minimum absolute atomic E-state index is 0.776. The number of rotatable bonds is 5. The molecular formula is C16H18N2. The SMILES string of the molecule is C=C(NCc1ccccc1)Nc1ccc(C)cc1. The number of benzene rings is 2. The highest BCUT2D eigenvalue weighted by Crippen LogP contribution is 2.10. The molecule has 0 heterocycles. The van der Waals surface area contributed by atoms with Crippen molar-refractivity contribution in [2.75, 3.05) is 5.32 Å². The molecule has 0 saturated heterocycles. The summed E-state index contributed by atoms with van der Waals surface area (Å²) in [5.74, 6) is 0.808. The van der Waals surface area contributed by atoms with E-state index in [9.17, 15) is 0 Å². The molecule has 2 aromatic rings. The summed E-state index contributed by atoms with van der Waals surface area (Å²) in [4.78, 5) is 0. The van der Waals surface area contributed by atoms with Crippen LogP contribution in [0.4, 0.5) is 5.69 Å². The summed E-state index contributed by atoms with van der Waals surface area (Å²) in [5, 5.41) is 6.49. The van der Waals surface area contributed by atoms with E-state index in [0.717, 1.165) is 18.1 Å². The van der Waals surface area contributed by atoms with Crippen LogP contribution < -0.4 is 10.6 Å². The largest absolute Gasteiger partial charge is 0.368 e. The van der Waals surface area contributed by atoms with Crippen LogP contribution >= 0.6 is 0 Å². The summed E-state index contributed by atoms with van der Waals surface area (Å²) in [6.45, 7) is 6.82. The Labute approximate surface area is 108 Å². The molecule has 0 amide bonds. The Morgan fingerprint density at radius 3 is 2.33 bits per heavy atom. The molecule has 0 aliphatic rings. The van der Waals surface area contributed by atoms with E-state index in [4.69, 9.17) is 0 Å². The van der Waals surface area contributed by atoms with Gasteiger partial charge >= 0.3 is 0 Å². The van der Waals surface area contributed by atoms with Gasteiger partial charge in [0, 0.05) is 12.2 Å². The number of aryl methyl sites for hydroxylation is 1. The second-order valence-corrected chi connectivity index (χ2v) is 4.31. The summed E-state index contributed by atoms with van der Waals surface area (Å²) in [5.41, 5.74) is 3.54. The molecule has 0 aliphatic carbocycles. The summed E-state index contributed by atoms with van der Waals surface area (Å²) >= 11 is 0. The maximum atomic E-state index is 3.97. The molecule has 2 aromatic carbocycles. The van der Waals surface area contributed by atoms with Crippen molar-refractivity contribution >= 4 is 5.69 Å². The van der Waals surface area contributed by atoms with Crippen LogP contribution in [0, 0.1) is 6.92 Å². The van der Waals surface area contributed by atoms with Crippen LogP contribution in [-0.4, -0.2) is 0 Å². The minimum atomic E-state index is 0.776. The molecule has 2 heteroatoms. The Kier molecular flexibility index (Phi) is 4.02. The van der Waals surface area contributed by atoms with Crippen molar-refractivity contribution in [1.82, 2.24) is 5.32 Å². The molecule has 0 atom stereocenters. The molecule has 0 unspecified atom stereocenters. The van der Waals surface area contributed by atoms with Crippen LogP contribution in [0.2, 0.25) is 0 Å². The molecule has 0 bridgehead atoms. The Balaban J connectivity index is 1.84. The van der Waals surface area contributed by atoms with Crippen molar-refractivity contribution < 1.29 is 0 Å². The molecule has 0 aliphatic heterocycles. The number of anilines is 1. The highest BCUT2D eigenvalue weighted by molar-refractivity contribution is 5.48. The van der Waals surface area contributed by atoms with Gasteiger partial charge in [0.15, 0.2) is 0 Å². The van der Waals surface area contributed by atoms with Gasteiger partial charge in [0.25, 0.3) is 0 Å². The van der Waals surface area contributed by atoms with Crippen LogP contribution in [0.5, 0.6) is 0 Å². The summed E-state index contributed by atoms with van der Waals surface area (Å²) < 4.78 is 0. The first-order valence-electron chi connectivity index (χ1n) is 6.04. The van der Waals surface area contributed by atoms with Crippen LogP contribution in [0.3, 0.4) is 0 Å². The maximum absolute atomic E-state index is 3.97. The van der Waals surface area contributed by atoms with Crippen molar-refractivity contribution in [1.29, 1.82) is 0 Å². The van der Waals surface area contributed by atoms with Gasteiger partial charge in [-0.1, -0.05) is 54.6 Å². The second-order valence-electron chi connectivity index (χ2n) is 4.31. The smallest absolute Gasteiger partial charge is 0.0959 e. The highest BCUT2D eigenvalue weighted by atomic mass is 15.1. The Morgan fingerprint density at radius 2 is 1.67 bits per heavy atom. The average Bonchev–Trinajstić information content (AvgIpc) is 2.40. The van der Waals surface area contributed by atoms with Crippen molar-refractivity contribution in [2.45, 2.75) is 13.5 Å². The van der Waals surface area contributed by atoms with Gasteiger partial charge in [0.2, 0.25) is 0 Å². The third kappa shape index (κ3) is 3.67. The Bertz CT molecular complexity index is 500. The van der Waals surface area contributed by atoms with Crippen LogP contribution in [0.15, 0.2) is 67.0 Å². The summed E-state index contributed by atoms with van der Waals surface area (Å²) in [6, 6.07) is 18.5. The third-order valence-electron chi connectivity index (χ3n) is 2.70. The number of hydrogen-bond acceptors (Lipinski definition) is 2. The lowest BCUT2D eigenvalue weighted by Gasteiger charge is -2.12. The van der Waals surface area contributed by atoms with Gasteiger partial charge in [0.1, 0.15) is 0 Å². The van der Waals surface area contributed by atoms with Crippen molar-refractivity contribution in [3.63, 3.8) is 0 Å². The standard InChI is InChI=1S/C16H18N2/c1-13-8-10-16(11-9-13)18-14(2)17-12-15-6-4-3-5-7-15/h3-11,17-18H,2,12H2,1H3. The molecule has 0 saturated carbocycles. The molecule has 0 spiro atoms. The van der Waals surface area contributed by atoms with E-state index in [2.05, 4.69) is 48.4 Å².